The second-order valence-corrected chi connectivity index (χ2v) is 6.71. The van der Waals surface area contributed by atoms with Gasteiger partial charge in [0, 0.05) is 31.5 Å². The van der Waals surface area contributed by atoms with E-state index in [9.17, 15) is 13.2 Å². The van der Waals surface area contributed by atoms with Gasteiger partial charge in [-0.15, -0.1) is 0 Å². The van der Waals surface area contributed by atoms with Gasteiger partial charge in [0.2, 0.25) is 10.0 Å². The molecule has 1 aromatic carbocycles. The quantitative estimate of drug-likeness (QED) is 0.708. The Hall–Kier alpha value is -1.60. The van der Waals surface area contributed by atoms with E-state index < -0.39 is 10.0 Å². The fraction of sp³-hybridized carbons (Fsp3) is 0.500. The molecule has 0 unspecified atom stereocenters. The molecule has 1 aromatic rings. The molecule has 0 aromatic heterocycles. The first-order valence-electron chi connectivity index (χ1n) is 6.77. The molecule has 0 atom stereocenters. The third kappa shape index (κ3) is 6.59. The number of carbonyl (C=O) groups excluding carboxylic acids is 1. The van der Waals surface area contributed by atoms with E-state index in [2.05, 4.69) is 4.72 Å². The Bertz CT molecular complexity index is 555. The number of anilines is 1. The summed E-state index contributed by atoms with van der Waals surface area (Å²) in [7, 11) is -1.58. The summed E-state index contributed by atoms with van der Waals surface area (Å²) in [6.45, 7) is 0.800. The van der Waals surface area contributed by atoms with Crippen molar-refractivity contribution in [3.05, 3.63) is 29.8 Å². The van der Waals surface area contributed by atoms with Crippen LogP contribution in [0.3, 0.4) is 0 Å². The molecule has 0 saturated heterocycles. The molecule has 118 valence electrons. The fourth-order valence-electron chi connectivity index (χ4n) is 1.85. The van der Waals surface area contributed by atoms with Crippen LogP contribution in [0.25, 0.3) is 0 Å². The maximum absolute atomic E-state index is 12.1. The lowest BCUT2D eigenvalue weighted by Crippen LogP contribution is -2.27. The highest BCUT2D eigenvalue weighted by Crippen LogP contribution is 2.12. The molecule has 0 radical (unpaired) electrons. The highest BCUT2D eigenvalue weighted by Gasteiger charge is 2.11. The molecule has 0 aliphatic rings. The smallest absolute Gasteiger partial charge is 0.253 e. The van der Waals surface area contributed by atoms with E-state index in [1.165, 1.54) is 0 Å². The summed E-state index contributed by atoms with van der Waals surface area (Å²) in [6.07, 6.45) is 3.54. The van der Waals surface area contributed by atoms with Crippen molar-refractivity contribution in [3.63, 3.8) is 0 Å². The van der Waals surface area contributed by atoms with Gasteiger partial charge in [0.15, 0.2) is 0 Å². The number of hydrogen-bond donors (Lipinski definition) is 2. The maximum Gasteiger partial charge on any atom is 0.253 e. The van der Waals surface area contributed by atoms with Gasteiger partial charge in [0.05, 0.1) is 6.26 Å². The lowest BCUT2D eigenvalue weighted by molar-refractivity contribution is 0.0792. The fourth-order valence-corrected chi connectivity index (χ4v) is 2.42. The van der Waals surface area contributed by atoms with Crippen LogP contribution in [-0.4, -0.2) is 50.8 Å². The molecule has 0 aliphatic heterocycles. The predicted octanol–water partition coefficient (Wildman–Crippen LogP) is 1.29. The normalized spacial score (nSPS) is 11.2. The number of sulfonamides is 1. The van der Waals surface area contributed by atoms with Gasteiger partial charge in [-0.05, 0) is 43.5 Å². The van der Waals surface area contributed by atoms with Gasteiger partial charge < -0.3 is 10.0 Å². The number of aliphatic hydroxyl groups excluding tert-OH is 1. The minimum atomic E-state index is -3.31. The van der Waals surface area contributed by atoms with Gasteiger partial charge in [-0.25, -0.2) is 8.42 Å². The lowest BCUT2D eigenvalue weighted by Gasteiger charge is -2.17. The topological polar surface area (TPSA) is 86.7 Å². The van der Waals surface area contributed by atoms with Crippen molar-refractivity contribution in [2.45, 2.75) is 19.3 Å². The monoisotopic (exact) mass is 314 g/mol. The van der Waals surface area contributed by atoms with Crippen LogP contribution < -0.4 is 4.72 Å². The Morgan fingerprint density at radius 1 is 1.19 bits per heavy atom. The van der Waals surface area contributed by atoms with Gasteiger partial charge in [0.1, 0.15) is 0 Å². The summed E-state index contributed by atoms with van der Waals surface area (Å²) in [4.78, 5) is 13.8. The number of nitrogens with zero attached hydrogens (tertiary/aromatic N) is 1. The number of aliphatic hydroxyl groups is 1. The molecule has 0 aliphatic carbocycles. The molecule has 0 bridgehead atoms. The van der Waals surface area contributed by atoms with Crippen LogP contribution in [0.1, 0.15) is 29.6 Å². The molecule has 21 heavy (non-hydrogen) atoms. The summed E-state index contributed by atoms with van der Waals surface area (Å²) in [5.41, 5.74) is 0.943. The van der Waals surface area contributed by atoms with Crippen molar-refractivity contribution in [2.24, 2.45) is 0 Å². The highest BCUT2D eigenvalue weighted by atomic mass is 32.2. The van der Waals surface area contributed by atoms with Gasteiger partial charge in [-0.2, -0.15) is 0 Å². The van der Waals surface area contributed by atoms with Crippen molar-refractivity contribution in [2.75, 3.05) is 31.2 Å². The van der Waals surface area contributed by atoms with E-state index in [0.717, 1.165) is 25.5 Å². The van der Waals surface area contributed by atoms with Gasteiger partial charge >= 0.3 is 0 Å². The average Bonchev–Trinajstić information content (AvgIpc) is 2.41. The Kier molecular flexibility index (Phi) is 6.64. The van der Waals surface area contributed by atoms with Crippen molar-refractivity contribution in [1.82, 2.24) is 4.90 Å². The zero-order chi connectivity index (χ0) is 15.9. The van der Waals surface area contributed by atoms with E-state index in [1.54, 1.807) is 36.2 Å². The first-order valence-corrected chi connectivity index (χ1v) is 8.67. The molecule has 1 amide bonds. The third-order valence-corrected chi connectivity index (χ3v) is 3.54. The molecule has 1 rings (SSSR count). The average molecular weight is 314 g/mol. The summed E-state index contributed by atoms with van der Waals surface area (Å²) in [6, 6.07) is 6.32. The van der Waals surface area contributed by atoms with Crippen LogP contribution in [0.2, 0.25) is 0 Å². The van der Waals surface area contributed by atoms with E-state index >= 15 is 0 Å². The Balaban J connectivity index is 2.58. The Morgan fingerprint density at radius 3 is 2.33 bits per heavy atom. The summed E-state index contributed by atoms with van der Waals surface area (Å²) in [5.74, 6) is -0.107. The minimum Gasteiger partial charge on any atom is -0.396 e. The first-order chi connectivity index (χ1) is 9.83. The standard InChI is InChI=1S/C14H22N2O4S/c1-16(10-4-3-5-11-17)14(18)12-6-8-13(9-7-12)15-21(2,19)20/h6-9,15,17H,3-5,10-11H2,1-2H3. The maximum atomic E-state index is 12.1. The van der Waals surface area contributed by atoms with E-state index in [4.69, 9.17) is 5.11 Å². The first kappa shape index (κ1) is 17.5. The summed E-state index contributed by atoms with van der Waals surface area (Å²) < 4.78 is 24.5. The molecule has 7 heteroatoms. The van der Waals surface area contributed by atoms with Crippen molar-refractivity contribution >= 4 is 21.6 Å². The van der Waals surface area contributed by atoms with Crippen LogP contribution in [0.4, 0.5) is 5.69 Å². The number of nitrogens with one attached hydrogen (secondary N) is 1. The summed E-state index contributed by atoms with van der Waals surface area (Å²) >= 11 is 0. The van der Waals surface area contributed by atoms with Crippen LogP contribution in [0, 0.1) is 0 Å². The summed E-state index contributed by atoms with van der Waals surface area (Å²) in [5, 5.41) is 8.70. The minimum absolute atomic E-state index is 0.107. The van der Waals surface area contributed by atoms with Crippen LogP contribution >= 0.6 is 0 Å². The zero-order valence-corrected chi connectivity index (χ0v) is 13.2. The molecule has 6 nitrogen and oxygen atoms in total. The number of hydrogen-bond acceptors (Lipinski definition) is 4. The van der Waals surface area contributed by atoms with Crippen LogP contribution in [0.5, 0.6) is 0 Å². The number of rotatable bonds is 8. The van der Waals surface area contributed by atoms with Gasteiger partial charge in [-0.1, -0.05) is 0 Å². The molecule has 0 heterocycles. The molecule has 0 spiro atoms. The SMILES string of the molecule is CN(CCCCCO)C(=O)c1ccc(NS(C)(=O)=O)cc1. The van der Waals surface area contributed by atoms with Crippen molar-refractivity contribution in [3.8, 4) is 0 Å². The molecule has 0 fully saturated rings. The molecule has 0 saturated carbocycles. The number of benzene rings is 1. The van der Waals surface area contributed by atoms with Crippen LogP contribution in [-0.2, 0) is 10.0 Å². The van der Waals surface area contributed by atoms with Crippen molar-refractivity contribution < 1.29 is 18.3 Å². The van der Waals surface area contributed by atoms with E-state index in [-0.39, 0.29) is 12.5 Å². The molecular weight excluding hydrogens is 292 g/mol. The van der Waals surface area contributed by atoms with E-state index in [0.29, 0.717) is 17.8 Å². The Morgan fingerprint density at radius 2 is 1.81 bits per heavy atom. The lowest BCUT2D eigenvalue weighted by atomic mass is 10.1. The van der Waals surface area contributed by atoms with Crippen molar-refractivity contribution in [1.29, 1.82) is 0 Å². The molecule has 2 N–H and O–H groups in total. The Labute approximate surface area is 125 Å². The molecular formula is C14H22N2O4S. The zero-order valence-electron chi connectivity index (χ0n) is 12.4. The largest absolute Gasteiger partial charge is 0.396 e. The van der Waals surface area contributed by atoms with E-state index in [1.807, 2.05) is 0 Å². The predicted molar refractivity (Wildman–Crippen MR) is 82.8 cm³/mol. The van der Waals surface area contributed by atoms with Gasteiger partial charge in [-0.3, -0.25) is 9.52 Å². The number of carbonyl (C=O) groups is 1. The second kappa shape index (κ2) is 7.99. The third-order valence-electron chi connectivity index (χ3n) is 2.93. The second-order valence-electron chi connectivity index (χ2n) is 4.96. The number of unbranched alkanes of at least 4 members (excludes halogenated alkanes) is 2. The number of amides is 1. The highest BCUT2D eigenvalue weighted by molar-refractivity contribution is 7.92. The van der Waals surface area contributed by atoms with Crippen LogP contribution in [0.15, 0.2) is 24.3 Å². The van der Waals surface area contributed by atoms with Gasteiger partial charge in [0.25, 0.3) is 5.91 Å².